The van der Waals surface area contributed by atoms with Gasteiger partial charge in [-0.2, -0.15) is 0 Å². The highest BCUT2D eigenvalue weighted by Gasteiger charge is 2.13. The van der Waals surface area contributed by atoms with Crippen molar-refractivity contribution in [1.29, 1.82) is 0 Å². The number of rotatable bonds is 7. The van der Waals surface area contributed by atoms with Gasteiger partial charge >= 0.3 is 0 Å². The number of hydrogen-bond acceptors (Lipinski definition) is 2. The van der Waals surface area contributed by atoms with Gasteiger partial charge in [-0.25, -0.2) is 0 Å². The van der Waals surface area contributed by atoms with E-state index in [1.165, 1.54) is 11.1 Å². The molecule has 0 aliphatic carbocycles. The molecule has 1 aromatic rings. The van der Waals surface area contributed by atoms with Crippen LogP contribution in [0.25, 0.3) is 0 Å². The number of hydrogen-bond donors (Lipinski definition) is 1. The highest BCUT2D eigenvalue weighted by Crippen LogP contribution is 2.15. The molecule has 0 amide bonds. The lowest BCUT2D eigenvalue weighted by Gasteiger charge is -2.29. The van der Waals surface area contributed by atoms with Crippen LogP contribution in [0.5, 0.6) is 0 Å². The molecule has 0 atom stereocenters. The highest BCUT2D eigenvalue weighted by atomic mass is 15.1. The molecule has 0 aromatic heterocycles. The van der Waals surface area contributed by atoms with Crippen molar-refractivity contribution < 1.29 is 0 Å². The predicted octanol–water partition coefficient (Wildman–Crippen LogP) is 3.27. The zero-order valence-electron chi connectivity index (χ0n) is 12.5. The fourth-order valence-electron chi connectivity index (χ4n) is 2.22. The van der Waals surface area contributed by atoms with Crippen LogP contribution >= 0.6 is 0 Å². The molecule has 0 aliphatic rings. The van der Waals surface area contributed by atoms with Gasteiger partial charge in [0.1, 0.15) is 0 Å². The number of nitrogens with one attached hydrogen (secondary N) is 1. The minimum atomic E-state index is 0.593. The Balaban J connectivity index is 2.79. The van der Waals surface area contributed by atoms with Crippen LogP contribution in [0, 0.1) is 5.92 Å². The molecule has 0 aliphatic heterocycles. The fourth-order valence-corrected chi connectivity index (χ4v) is 2.22. The summed E-state index contributed by atoms with van der Waals surface area (Å²) in [5.41, 5.74) is 2.86. The molecule has 1 rings (SSSR count). The predicted molar refractivity (Wildman–Crippen MR) is 79.6 cm³/mol. The second-order valence-electron chi connectivity index (χ2n) is 5.72. The first kappa shape index (κ1) is 15.2. The van der Waals surface area contributed by atoms with Crippen LogP contribution < -0.4 is 5.32 Å². The Kier molecular flexibility index (Phi) is 6.37. The highest BCUT2D eigenvalue weighted by molar-refractivity contribution is 5.27. The first-order valence-corrected chi connectivity index (χ1v) is 7.00. The van der Waals surface area contributed by atoms with Crippen LogP contribution in [0.4, 0.5) is 0 Å². The van der Waals surface area contributed by atoms with E-state index in [0.29, 0.717) is 12.0 Å². The first-order valence-electron chi connectivity index (χ1n) is 7.00. The summed E-state index contributed by atoms with van der Waals surface area (Å²) in [7, 11) is 2.01. The third-order valence-corrected chi connectivity index (χ3v) is 3.19. The van der Waals surface area contributed by atoms with E-state index in [1.54, 1.807) is 0 Å². The molecule has 18 heavy (non-hydrogen) atoms. The van der Waals surface area contributed by atoms with Gasteiger partial charge in [0, 0.05) is 25.7 Å². The number of nitrogens with zero attached hydrogens (tertiary/aromatic N) is 1. The standard InChI is InChI=1S/C16H28N2/c1-13(2)11-18(14(3)4)12-16-9-7-6-8-15(16)10-17-5/h6-9,13-14,17H,10-12H2,1-5H3. The Morgan fingerprint density at radius 2 is 1.67 bits per heavy atom. The van der Waals surface area contributed by atoms with Gasteiger partial charge in [0.15, 0.2) is 0 Å². The van der Waals surface area contributed by atoms with E-state index in [-0.39, 0.29) is 0 Å². The first-order chi connectivity index (χ1) is 8.54. The van der Waals surface area contributed by atoms with E-state index in [1.807, 2.05) is 7.05 Å². The van der Waals surface area contributed by atoms with Crippen molar-refractivity contribution in [3.8, 4) is 0 Å². The van der Waals surface area contributed by atoms with E-state index >= 15 is 0 Å². The molecule has 0 unspecified atom stereocenters. The molecule has 2 nitrogen and oxygen atoms in total. The van der Waals surface area contributed by atoms with Gasteiger partial charge in [-0.1, -0.05) is 38.1 Å². The van der Waals surface area contributed by atoms with Crippen molar-refractivity contribution in [3.63, 3.8) is 0 Å². The summed E-state index contributed by atoms with van der Waals surface area (Å²) >= 11 is 0. The molecule has 1 N–H and O–H groups in total. The summed E-state index contributed by atoms with van der Waals surface area (Å²) < 4.78 is 0. The summed E-state index contributed by atoms with van der Waals surface area (Å²) in [5.74, 6) is 0.712. The van der Waals surface area contributed by atoms with Gasteiger partial charge < -0.3 is 5.32 Å². The SMILES string of the molecule is CNCc1ccccc1CN(CC(C)C)C(C)C. The minimum absolute atomic E-state index is 0.593. The fraction of sp³-hybridized carbons (Fsp3) is 0.625. The normalized spacial score (nSPS) is 11.8. The molecule has 102 valence electrons. The van der Waals surface area contributed by atoms with Gasteiger partial charge in [0.2, 0.25) is 0 Å². The molecule has 1 aromatic carbocycles. The quantitative estimate of drug-likeness (QED) is 0.796. The maximum absolute atomic E-state index is 3.25. The second kappa shape index (κ2) is 7.55. The molecular weight excluding hydrogens is 220 g/mol. The summed E-state index contributed by atoms with van der Waals surface area (Å²) in [5, 5.41) is 3.25. The lowest BCUT2D eigenvalue weighted by molar-refractivity contribution is 0.188. The summed E-state index contributed by atoms with van der Waals surface area (Å²) in [6.45, 7) is 12.3. The Hall–Kier alpha value is -0.860. The third kappa shape index (κ3) is 4.79. The van der Waals surface area contributed by atoms with Gasteiger partial charge in [-0.05, 0) is 37.9 Å². The molecule has 0 bridgehead atoms. The molecule has 2 heteroatoms. The van der Waals surface area contributed by atoms with E-state index in [2.05, 4.69) is 62.2 Å². The zero-order valence-corrected chi connectivity index (χ0v) is 12.5. The molecule has 0 heterocycles. The van der Waals surface area contributed by atoms with E-state index in [4.69, 9.17) is 0 Å². The summed E-state index contributed by atoms with van der Waals surface area (Å²) in [6, 6.07) is 9.33. The van der Waals surface area contributed by atoms with Crippen LogP contribution in [0.2, 0.25) is 0 Å². The zero-order chi connectivity index (χ0) is 13.5. The molecule has 0 saturated carbocycles. The lowest BCUT2D eigenvalue weighted by Crippen LogP contribution is -2.34. The van der Waals surface area contributed by atoms with Crippen LogP contribution in [-0.4, -0.2) is 24.5 Å². The Labute approximate surface area is 112 Å². The minimum Gasteiger partial charge on any atom is -0.316 e. The van der Waals surface area contributed by atoms with Gasteiger partial charge in [-0.15, -0.1) is 0 Å². The largest absolute Gasteiger partial charge is 0.316 e. The van der Waals surface area contributed by atoms with Crippen molar-refractivity contribution >= 4 is 0 Å². The average molecular weight is 248 g/mol. The van der Waals surface area contributed by atoms with Gasteiger partial charge in [0.05, 0.1) is 0 Å². The second-order valence-corrected chi connectivity index (χ2v) is 5.72. The Bertz CT molecular complexity index is 345. The summed E-state index contributed by atoms with van der Waals surface area (Å²) in [6.07, 6.45) is 0. The maximum Gasteiger partial charge on any atom is 0.0239 e. The Morgan fingerprint density at radius 1 is 1.06 bits per heavy atom. The van der Waals surface area contributed by atoms with Gasteiger partial charge in [-0.3, -0.25) is 4.90 Å². The maximum atomic E-state index is 3.25. The Morgan fingerprint density at radius 3 is 2.17 bits per heavy atom. The molecular formula is C16H28N2. The van der Waals surface area contributed by atoms with Gasteiger partial charge in [0.25, 0.3) is 0 Å². The van der Waals surface area contributed by atoms with Crippen molar-refractivity contribution in [3.05, 3.63) is 35.4 Å². The van der Waals surface area contributed by atoms with E-state index < -0.39 is 0 Å². The van der Waals surface area contributed by atoms with Crippen LogP contribution in [0.1, 0.15) is 38.8 Å². The molecule has 0 fully saturated rings. The molecule has 0 radical (unpaired) electrons. The third-order valence-electron chi connectivity index (χ3n) is 3.19. The number of benzene rings is 1. The van der Waals surface area contributed by atoms with Crippen LogP contribution in [0.3, 0.4) is 0 Å². The molecule has 0 spiro atoms. The van der Waals surface area contributed by atoms with Crippen molar-refractivity contribution in [2.24, 2.45) is 5.92 Å². The average Bonchev–Trinajstić information content (AvgIpc) is 2.30. The smallest absolute Gasteiger partial charge is 0.0239 e. The van der Waals surface area contributed by atoms with Crippen molar-refractivity contribution in [2.75, 3.05) is 13.6 Å². The van der Waals surface area contributed by atoms with Crippen LogP contribution in [0.15, 0.2) is 24.3 Å². The lowest BCUT2D eigenvalue weighted by atomic mass is 10.1. The van der Waals surface area contributed by atoms with E-state index in [9.17, 15) is 0 Å². The van der Waals surface area contributed by atoms with E-state index in [0.717, 1.165) is 19.6 Å². The summed E-state index contributed by atoms with van der Waals surface area (Å²) in [4.78, 5) is 2.55. The van der Waals surface area contributed by atoms with Crippen molar-refractivity contribution in [1.82, 2.24) is 10.2 Å². The topological polar surface area (TPSA) is 15.3 Å². The molecule has 0 saturated heterocycles. The van der Waals surface area contributed by atoms with Crippen LogP contribution in [-0.2, 0) is 13.1 Å². The monoisotopic (exact) mass is 248 g/mol. The van der Waals surface area contributed by atoms with Crippen molar-refractivity contribution in [2.45, 2.75) is 46.8 Å².